The van der Waals surface area contributed by atoms with Crippen molar-refractivity contribution in [1.82, 2.24) is 4.90 Å². The number of esters is 1. The minimum absolute atomic E-state index is 0.118. The van der Waals surface area contributed by atoms with E-state index in [1.165, 1.54) is 45.4 Å². The van der Waals surface area contributed by atoms with Crippen LogP contribution in [0.4, 0.5) is 0 Å². The van der Waals surface area contributed by atoms with Crippen LogP contribution in [0, 0.1) is 45.3 Å². The van der Waals surface area contributed by atoms with Crippen LogP contribution in [0.25, 0.3) is 0 Å². The number of carbonyl (C=O) groups excluding carboxylic acids is 1. The van der Waals surface area contributed by atoms with Gasteiger partial charge in [-0.05, 0) is 136 Å². The quantitative estimate of drug-likeness (QED) is 0.342. The Labute approximate surface area is 283 Å². The molecule has 0 aromatic rings. The van der Waals surface area contributed by atoms with E-state index < -0.39 is 11.7 Å². The van der Waals surface area contributed by atoms with Gasteiger partial charge in [-0.2, -0.15) is 0 Å². The zero-order valence-electron chi connectivity index (χ0n) is 30.1. The molecule has 8 nitrogen and oxygen atoms in total. The summed E-state index contributed by atoms with van der Waals surface area (Å²) >= 11 is 0. The molecule has 0 aromatic heterocycles. The lowest BCUT2D eigenvalue weighted by atomic mass is 9.46. The van der Waals surface area contributed by atoms with Gasteiger partial charge in [0.2, 0.25) is 0 Å². The van der Waals surface area contributed by atoms with Gasteiger partial charge in [-0.25, -0.2) is 0 Å². The van der Waals surface area contributed by atoms with Crippen LogP contribution in [0.2, 0.25) is 0 Å². The highest BCUT2D eigenvalue weighted by Crippen LogP contribution is 2.87. The van der Waals surface area contributed by atoms with E-state index in [4.69, 9.17) is 23.7 Å². The van der Waals surface area contributed by atoms with Crippen LogP contribution in [0.15, 0.2) is 0 Å². The lowest BCUT2D eigenvalue weighted by molar-refractivity contribution is -0.249. The number of rotatable bonds is 6. The van der Waals surface area contributed by atoms with Gasteiger partial charge in [-0.15, -0.1) is 0 Å². The molecule has 3 saturated heterocycles. The molecule has 266 valence electrons. The van der Waals surface area contributed by atoms with Crippen molar-refractivity contribution in [3.05, 3.63) is 0 Å². The molecule has 3 aliphatic heterocycles. The molecule has 2 spiro atoms. The number of aliphatic hydroxyl groups is 1. The summed E-state index contributed by atoms with van der Waals surface area (Å²) in [7, 11) is 0. The molecule has 47 heavy (non-hydrogen) atoms. The van der Waals surface area contributed by atoms with Gasteiger partial charge in [0.15, 0.2) is 12.4 Å². The molecule has 8 heteroatoms. The molecule has 10 unspecified atom stereocenters. The van der Waals surface area contributed by atoms with Crippen molar-refractivity contribution in [2.45, 2.75) is 161 Å². The number of hydrogen-bond donors (Lipinski definition) is 1. The largest absolute Gasteiger partial charge is 0.457 e. The highest BCUT2D eigenvalue weighted by molar-refractivity contribution is 5.66. The first kappa shape index (κ1) is 33.4. The number of fused-ring (bicyclic) bond motifs is 4. The molecular formula is C39H63NO7. The average Bonchev–Trinajstić information content (AvgIpc) is 3.61. The van der Waals surface area contributed by atoms with E-state index in [1.807, 2.05) is 0 Å². The smallest absolute Gasteiger partial charge is 0.303 e. The van der Waals surface area contributed by atoms with E-state index in [2.05, 4.69) is 25.7 Å². The third kappa shape index (κ3) is 5.22. The van der Waals surface area contributed by atoms with Gasteiger partial charge in [0.1, 0.15) is 0 Å². The molecule has 8 fully saturated rings. The maximum Gasteiger partial charge on any atom is 0.303 e. The molecular weight excluding hydrogens is 594 g/mol. The van der Waals surface area contributed by atoms with Crippen LogP contribution in [0.1, 0.15) is 119 Å². The Morgan fingerprint density at radius 1 is 0.915 bits per heavy atom. The summed E-state index contributed by atoms with van der Waals surface area (Å²) in [6.45, 7) is 17.0. The molecule has 1 N–H and O–H groups in total. The van der Waals surface area contributed by atoms with Crippen molar-refractivity contribution >= 4 is 5.97 Å². The van der Waals surface area contributed by atoms with Gasteiger partial charge in [0.25, 0.3) is 0 Å². The van der Waals surface area contributed by atoms with E-state index in [0.29, 0.717) is 40.0 Å². The maximum absolute atomic E-state index is 12.0. The summed E-state index contributed by atoms with van der Waals surface area (Å²) in [4.78, 5) is 14.6. The molecule has 0 bridgehead atoms. The normalized spacial score (nSPS) is 48.7. The number of morpholine rings is 1. The average molecular weight is 658 g/mol. The fraction of sp³-hybridized carbons (Fsp3) is 0.974. The fourth-order valence-corrected chi connectivity index (χ4v) is 13.9. The Morgan fingerprint density at radius 3 is 2.43 bits per heavy atom. The summed E-state index contributed by atoms with van der Waals surface area (Å²) in [5.74, 6) is 2.41. The Balaban J connectivity index is 0.953. The van der Waals surface area contributed by atoms with Gasteiger partial charge >= 0.3 is 5.97 Å². The summed E-state index contributed by atoms with van der Waals surface area (Å²) in [5, 5.41) is 10.9. The van der Waals surface area contributed by atoms with E-state index in [0.717, 1.165) is 77.4 Å². The Morgan fingerprint density at radius 2 is 1.68 bits per heavy atom. The van der Waals surface area contributed by atoms with Crippen molar-refractivity contribution in [2.24, 2.45) is 45.3 Å². The summed E-state index contributed by atoms with van der Waals surface area (Å²) < 4.78 is 31.4. The third-order valence-corrected chi connectivity index (χ3v) is 16.0. The van der Waals surface area contributed by atoms with Gasteiger partial charge in [-0.3, -0.25) is 9.69 Å². The molecule has 0 amide bonds. The molecule has 8 rings (SSSR count). The number of hydrogen-bond acceptors (Lipinski definition) is 8. The molecule has 0 radical (unpaired) electrons. The summed E-state index contributed by atoms with van der Waals surface area (Å²) in [6.07, 6.45) is 14.0. The predicted molar refractivity (Wildman–Crippen MR) is 177 cm³/mol. The second-order valence-electron chi connectivity index (χ2n) is 18.8. The van der Waals surface area contributed by atoms with Crippen LogP contribution < -0.4 is 0 Å². The minimum atomic E-state index is -1.13. The van der Waals surface area contributed by atoms with E-state index in [9.17, 15) is 9.90 Å². The SMILES string of the molecule is CC(=O)O[C@@H](C1CCC2C(CC3C4CCC5C(C)(C)[C@@H](OC6CN(C7CCOCC7)CCO6)CCC56CC46CCC23C)O1)C(C)(C)O. The Bertz CT molecular complexity index is 1200. The Kier molecular flexibility index (Phi) is 8.26. The molecule has 0 aromatic carbocycles. The van der Waals surface area contributed by atoms with E-state index >= 15 is 0 Å². The predicted octanol–water partition coefficient (Wildman–Crippen LogP) is 6.12. The summed E-state index contributed by atoms with van der Waals surface area (Å²) in [6, 6.07) is 0.604. The topological polar surface area (TPSA) is 86.7 Å². The lowest BCUT2D eigenvalue weighted by Gasteiger charge is -2.60. The van der Waals surface area contributed by atoms with Crippen molar-refractivity contribution in [3.63, 3.8) is 0 Å². The second-order valence-corrected chi connectivity index (χ2v) is 18.8. The highest BCUT2D eigenvalue weighted by atomic mass is 16.7. The van der Waals surface area contributed by atoms with E-state index in [1.54, 1.807) is 13.8 Å². The maximum atomic E-state index is 12.0. The van der Waals surface area contributed by atoms with Crippen molar-refractivity contribution in [3.8, 4) is 0 Å². The van der Waals surface area contributed by atoms with Crippen molar-refractivity contribution in [1.29, 1.82) is 0 Å². The molecule has 8 aliphatic rings. The zero-order valence-corrected chi connectivity index (χ0v) is 30.1. The Hall–Kier alpha value is -0.770. The zero-order chi connectivity index (χ0) is 33.0. The highest BCUT2D eigenvalue weighted by Gasteiger charge is 2.80. The van der Waals surface area contributed by atoms with Gasteiger partial charge in [-0.1, -0.05) is 20.8 Å². The first-order valence-corrected chi connectivity index (χ1v) is 19.4. The van der Waals surface area contributed by atoms with Crippen molar-refractivity contribution < 1.29 is 33.6 Å². The van der Waals surface area contributed by atoms with Crippen molar-refractivity contribution in [2.75, 3.05) is 32.9 Å². The van der Waals surface area contributed by atoms with Crippen LogP contribution in [-0.2, 0) is 28.5 Å². The molecule has 5 saturated carbocycles. The van der Waals surface area contributed by atoms with Gasteiger partial charge < -0.3 is 28.8 Å². The first-order chi connectivity index (χ1) is 22.3. The molecule has 12 atom stereocenters. The first-order valence-electron chi connectivity index (χ1n) is 19.4. The molecule has 5 aliphatic carbocycles. The second kappa shape index (κ2) is 11.6. The van der Waals surface area contributed by atoms with E-state index in [-0.39, 0.29) is 36.0 Å². The monoisotopic (exact) mass is 657 g/mol. The minimum Gasteiger partial charge on any atom is -0.457 e. The standard InChI is InChI=1S/C39H63NO7/c1-24(41)45-34(36(4,5)42)29-9-7-27-30(46-29)21-28-26-8-10-31-35(2,3)32(11-14-39(31)23-38(26,39)16-15-37(27,28)6)47-33-22-40(17-20-44-33)25-12-18-43-19-13-25/h25-34,42H,7-23H2,1-6H3/t26?,27?,28?,29?,30?,31?,32-,33?,34-,37?,38?,39?/m0/s1. The van der Waals surface area contributed by atoms with Crippen LogP contribution in [0.3, 0.4) is 0 Å². The van der Waals surface area contributed by atoms with Crippen LogP contribution in [0.5, 0.6) is 0 Å². The number of nitrogens with zero attached hydrogens (tertiary/aromatic N) is 1. The van der Waals surface area contributed by atoms with Crippen LogP contribution >= 0.6 is 0 Å². The number of carbonyl (C=O) groups is 1. The third-order valence-electron chi connectivity index (χ3n) is 16.0. The lowest BCUT2D eigenvalue weighted by Crippen LogP contribution is -2.57. The molecule has 3 heterocycles. The number of ether oxygens (including phenoxy) is 5. The fourth-order valence-electron chi connectivity index (χ4n) is 13.9. The van der Waals surface area contributed by atoms with Gasteiger partial charge in [0, 0.05) is 39.3 Å². The van der Waals surface area contributed by atoms with Crippen LogP contribution in [-0.4, -0.2) is 91.2 Å². The van der Waals surface area contributed by atoms with Gasteiger partial charge in [0.05, 0.1) is 30.5 Å². The summed E-state index contributed by atoms with van der Waals surface area (Å²) in [5.41, 5.74) is 0.285.